The van der Waals surface area contributed by atoms with Gasteiger partial charge in [0.15, 0.2) is 0 Å². The van der Waals surface area contributed by atoms with Crippen LogP contribution in [-0.4, -0.2) is 27.7 Å². The SMILES string of the molecule is Cc1[nH]n(-c2ccccc2)c(=O)c1C=NNC(=O)CSc1c(Cl)c(Cl)c(Cl)c(Cl)c1Cl. The minimum absolute atomic E-state index is 0.0415. The number of aromatic nitrogens is 2. The number of rotatable bonds is 6. The van der Waals surface area contributed by atoms with Crippen molar-refractivity contribution < 1.29 is 4.79 Å². The molecule has 0 aliphatic heterocycles. The van der Waals surface area contributed by atoms with Crippen molar-refractivity contribution in [3.63, 3.8) is 0 Å². The number of halogens is 5. The number of hydrogen-bond acceptors (Lipinski definition) is 4. The van der Waals surface area contributed by atoms with Crippen molar-refractivity contribution in [1.29, 1.82) is 0 Å². The van der Waals surface area contributed by atoms with Crippen LogP contribution in [0.25, 0.3) is 5.69 Å². The molecule has 1 heterocycles. The van der Waals surface area contributed by atoms with Gasteiger partial charge in [-0.25, -0.2) is 10.1 Å². The molecule has 3 aromatic rings. The molecule has 1 aromatic heterocycles. The van der Waals surface area contributed by atoms with Gasteiger partial charge in [-0.1, -0.05) is 76.2 Å². The maximum atomic E-state index is 12.6. The number of amides is 1. The highest BCUT2D eigenvalue weighted by Crippen LogP contribution is 2.47. The molecule has 0 bridgehead atoms. The Morgan fingerprint density at radius 3 is 2.26 bits per heavy atom. The summed E-state index contributed by atoms with van der Waals surface area (Å²) in [5.41, 5.74) is 3.67. The lowest BCUT2D eigenvalue weighted by Gasteiger charge is -2.11. The van der Waals surface area contributed by atoms with Crippen molar-refractivity contribution in [1.82, 2.24) is 15.2 Å². The predicted molar refractivity (Wildman–Crippen MR) is 129 cm³/mol. The lowest BCUT2D eigenvalue weighted by atomic mass is 10.3. The van der Waals surface area contributed by atoms with Crippen LogP contribution in [0, 0.1) is 6.92 Å². The first kappa shape index (κ1) is 24.0. The van der Waals surface area contributed by atoms with Crippen molar-refractivity contribution >= 4 is 81.9 Å². The number of carbonyl (C=O) groups is 1. The first-order chi connectivity index (χ1) is 14.7. The summed E-state index contributed by atoms with van der Waals surface area (Å²) in [7, 11) is 0. The molecule has 12 heteroatoms. The Morgan fingerprint density at radius 2 is 1.65 bits per heavy atom. The molecule has 0 aliphatic rings. The van der Waals surface area contributed by atoms with Crippen LogP contribution in [0.15, 0.2) is 45.1 Å². The van der Waals surface area contributed by atoms with E-state index in [0.29, 0.717) is 21.8 Å². The van der Waals surface area contributed by atoms with Gasteiger partial charge in [0.1, 0.15) is 0 Å². The quantitative estimate of drug-likeness (QED) is 0.133. The molecule has 0 saturated carbocycles. The Balaban J connectivity index is 1.68. The summed E-state index contributed by atoms with van der Waals surface area (Å²) in [6, 6.07) is 9.09. The summed E-state index contributed by atoms with van der Waals surface area (Å²) < 4.78 is 1.40. The largest absolute Gasteiger partial charge is 0.295 e. The van der Waals surface area contributed by atoms with Crippen LogP contribution in [0.1, 0.15) is 11.3 Å². The molecule has 0 spiro atoms. The third-order valence-electron chi connectivity index (χ3n) is 4.03. The van der Waals surface area contributed by atoms with Crippen LogP contribution in [0.3, 0.4) is 0 Å². The molecule has 3 rings (SSSR count). The Bertz CT molecular complexity index is 1200. The second-order valence-electron chi connectivity index (χ2n) is 6.11. The Kier molecular flexibility index (Phi) is 8.02. The van der Waals surface area contributed by atoms with E-state index >= 15 is 0 Å². The predicted octanol–water partition coefficient (Wildman–Crippen LogP) is 5.98. The molecule has 2 N–H and O–H groups in total. The third kappa shape index (κ3) is 5.25. The molecule has 0 radical (unpaired) electrons. The van der Waals surface area contributed by atoms with Gasteiger partial charge in [0.2, 0.25) is 5.91 Å². The summed E-state index contributed by atoms with van der Waals surface area (Å²) in [6.45, 7) is 1.73. The van der Waals surface area contributed by atoms with Gasteiger partial charge < -0.3 is 0 Å². The van der Waals surface area contributed by atoms with Crippen LogP contribution in [0.4, 0.5) is 0 Å². The lowest BCUT2D eigenvalue weighted by Crippen LogP contribution is -2.21. The number of nitrogens with zero attached hydrogens (tertiary/aromatic N) is 2. The van der Waals surface area contributed by atoms with E-state index in [-0.39, 0.29) is 36.4 Å². The number of para-hydroxylation sites is 1. The maximum Gasteiger partial charge on any atom is 0.280 e. The molecule has 0 aliphatic carbocycles. The number of benzene rings is 2. The van der Waals surface area contributed by atoms with Gasteiger partial charge >= 0.3 is 0 Å². The second-order valence-corrected chi connectivity index (χ2v) is 8.98. The average molecular weight is 539 g/mol. The first-order valence-corrected chi connectivity index (χ1v) is 11.4. The minimum Gasteiger partial charge on any atom is -0.295 e. The molecule has 0 atom stereocenters. The maximum absolute atomic E-state index is 12.6. The molecule has 162 valence electrons. The molecule has 0 fully saturated rings. The topological polar surface area (TPSA) is 79.2 Å². The van der Waals surface area contributed by atoms with Crippen molar-refractivity contribution in [2.75, 3.05) is 5.75 Å². The number of aromatic amines is 1. The summed E-state index contributed by atoms with van der Waals surface area (Å²) in [6.07, 6.45) is 1.28. The van der Waals surface area contributed by atoms with Gasteiger partial charge in [0, 0.05) is 10.6 Å². The molecular formula is C19H13Cl5N4O2S. The fourth-order valence-electron chi connectivity index (χ4n) is 2.52. The van der Waals surface area contributed by atoms with Gasteiger partial charge in [-0.05, 0) is 19.1 Å². The molecule has 2 aromatic carbocycles. The van der Waals surface area contributed by atoms with Gasteiger partial charge in [-0.2, -0.15) is 5.10 Å². The summed E-state index contributed by atoms with van der Waals surface area (Å²) in [4.78, 5) is 25.1. The van der Waals surface area contributed by atoms with Gasteiger partial charge in [-0.15, -0.1) is 11.8 Å². The highest BCUT2D eigenvalue weighted by Gasteiger charge is 2.20. The standard InChI is InChI=1S/C19H13Cl5N4O2S/c1-9-11(19(30)28(27-9)10-5-3-2-4-6-10)7-25-26-12(29)8-31-18-16(23)14(21)13(20)15(22)17(18)24/h2-7,27H,8H2,1H3,(H,26,29). The Morgan fingerprint density at radius 1 is 1.06 bits per heavy atom. The smallest absolute Gasteiger partial charge is 0.280 e. The van der Waals surface area contributed by atoms with Crippen molar-refractivity contribution in [2.45, 2.75) is 11.8 Å². The Labute approximate surface area is 206 Å². The summed E-state index contributed by atoms with van der Waals surface area (Å²) >= 11 is 31.3. The van der Waals surface area contributed by atoms with Crippen LogP contribution in [-0.2, 0) is 4.79 Å². The van der Waals surface area contributed by atoms with Gasteiger partial charge in [0.25, 0.3) is 5.56 Å². The van der Waals surface area contributed by atoms with E-state index < -0.39 is 5.91 Å². The number of thioether (sulfide) groups is 1. The summed E-state index contributed by atoms with van der Waals surface area (Å²) in [5, 5.41) is 7.19. The van der Waals surface area contributed by atoms with E-state index in [9.17, 15) is 9.59 Å². The second kappa shape index (κ2) is 10.3. The van der Waals surface area contributed by atoms with Crippen molar-refractivity contribution in [3.05, 3.63) is 77.1 Å². The summed E-state index contributed by atoms with van der Waals surface area (Å²) in [5.74, 6) is -0.530. The number of carbonyl (C=O) groups excluding carboxylic acids is 1. The van der Waals surface area contributed by atoms with Gasteiger partial charge in [-0.3, -0.25) is 14.7 Å². The molecule has 0 saturated heterocycles. The molecule has 6 nitrogen and oxygen atoms in total. The van der Waals surface area contributed by atoms with E-state index in [1.807, 2.05) is 18.2 Å². The van der Waals surface area contributed by atoms with E-state index in [1.165, 1.54) is 10.9 Å². The lowest BCUT2D eigenvalue weighted by molar-refractivity contribution is -0.118. The number of H-pyrrole nitrogens is 1. The first-order valence-electron chi connectivity index (χ1n) is 8.55. The van der Waals surface area contributed by atoms with Crippen LogP contribution in [0.2, 0.25) is 25.1 Å². The molecule has 1 amide bonds. The number of aryl methyl sites for hydroxylation is 1. The number of nitrogens with one attached hydrogen (secondary N) is 2. The van der Waals surface area contributed by atoms with Gasteiger partial charge in [0.05, 0.1) is 48.3 Å². The monoisotopic (exact) mass is 536 g/mol. The fourth-order valence-corrected chi connectivity index (χ4v) is 4.90. The fraction of sp³-hybridized carbons (Fsp3) is 0.105. The molecular weight excluding hydrogens is 526 g/mol. The zero-order valence-corrected chi connectivity index (χ0v) is 20.3. The highest BCUT2D eigenvalue weighted by molar-refractivity contribution is 8.00. The number of hydrogen-bond donors (Lipinski definition) is 2. The zero-order chi connectivity index (χ0) is 22.7. The van der Waals surface area contributed by atoms with E-state index in [1.54, 1.807) is 19.1 Å². The normalized spacial score (nSPS) is 11.3. The average Bonchev–Trinajstić information content (AvgIpc) is 3.05. The molecule has 0 unspecified atom stereocenters. The minimum atomic E-state index is -0.452. The van der Waals surface area contributed by atoms with E-state index in [0.717, 1.165) is 11.8 Å². The highest BCUT2D eigenvalue weighted by atomic mass is 35.5. The van der Waals surface area contributed by atoms with E-state index in [2.05, 4.69) is 15.6 Å². The van der Waals surface area contributed by atoms with Crippen LogP contribution in [0.5, 0.6) is 0 Å². The third-order valence-corrected chi connectivity index (χ3v) is 7.64. The molecule has 31 heavy (non-hydrogen) atoms. The van der Waals surface area contributed by atoms with Crippen LogP contribution < -0.4 is 11.0 Å². The van der Waals surface area contributed by atoms with Crippen molar-refractivity contribution in [3.8, 4) is 5.69 Å². The zero-order valence-electron chi connectivity index (χ0n) is 15.7. The van der Waals surface area contributed by atoms with Crippen LogP contribution >= 0.6 is 69.8 Å². The van der Waals surface area contributed by atoms with Crippen molar-refractivity contribution in [2.24, 2.45) is 5.10 Å². The Hall–Kier alpha value is -1.61. The van der Waals surface area contributed by atoms with E-state index in [4.69, 9.17) is 58.0 Å². The number of hydrazone groups is 1.